The summed E-state index contributed by atoms with van der Waals surface area (Å²) in [4.78, 5) is 41.5. The molecule has 9 nitrogen and oxygen atoms in total. The lowest BCUT2D eigenvalue weighted by molar-refractivity contribution is 0.0944. The van der Waals surface area contributed by atoms with Crippen LogP contribution in [0.1, 0.15) is 23.0 Å². The van der Waals surface area contributed by atoms with Crippen LogP contribution >= 0.6 is 0 Å². The zero-order valence-corrected chi connectivity index (χ0v) is 19.6. The van der Waals surface area contributed by atoms with Crippen molar-refractivity contribution in [3.63, 3.8) is 0 Å². The molecule has 0 aliphatic heterocycles. The van der Waals surface area contributed by atoms with Crippen LogP contribution in [0.5, 0.6) is 5.75 Å². The molecule has 10 heteroatoms. The fourth-order valence-electron chi connectivity index (χ4n) is 3.51. The maximum absolute atomic E-state index is 13.4. The Kier molecular flexibility index (Phi) is 7.64. The highest BCUT2D eigenvalue weighted by Crippen LogP contribution is 2.19. The van der Waals surface area contributed by atoms with Crippen LogP contribution in [0.4, 0.5) is 4.39 Å². The van der Waals surface area contributed by atoms with Crippen LogP contribution in [0.2, 0.25) is 0 Å². The maximum Gasteiger partial charge on any atom is 0.271 e. The van der Waals surface area contributed by atoms with Gasteiger partial charge in [0.05, 0.1) is 25.2 Å². The number of benzene rings is 2. The maximum atomic E-state index is 13.4. The van der Waals surface area contributed by atoms with E-state index >= 15 is 0 Å². The van der Waals surface area contributed by atoms with Crippen LogP contribution in [0.3, 0.4) is 0 Å². The topological polar surface area (TPSA) is 108 Å². The molecule has 2 aromatic heterocycles. The summed E-state index contributed by atoms with van der Waals surface area (Å²) in [7, 11) is 0. The molecule has 36 heavy (non-hydrogen) atoms. The molecule has 0 unspecified atom stereocenters. The molecule has 0 fully saturated rings. The number of hydrogen-bond acceptors (Lipinski definition) is 6. The minimum atomic E-state index is -0.505. The monoisotopic (exact) mass is 489 g/mol. The quantitative estimate of drug-likeness (QED) is 0.387. The zero-order valence-electron chi connectivity index (χ0n) is 19.6. The Hall–Kier alpha value is -4.60. The summed E-state index contributed by atoms with van der Waals surface area (Å²) in [6, 6.07) is 17.1. The normalized spacial score (nSPS) is 10.7. The third-order valence-corrected chi connectivity index (χ3v) is 5.30. The lowest BCUT2D eigenvalue weighted by atomic mass is 10.1. The first kappa shape index (κ1) is 24.5. The number of halogens is 1. The summed E-state index contributed by atoms with van der Waals surface area (Å²) in [5.41, 5.74) is 1.22. The second-order valence-corrected chi connectivity index (χ2v) is 7.86. The van der Waals surface area contributed by atoms with Crippen LogP contribution in [0.15, 0.2) is 82.6 Å². The third kappa shape index (κ3) is 6.09. The summed E-state index contributed by atoms with van der Waals surface area (Å²) in [5.74, 6) is -0.189. The Balaban J connectivity index is 1.37. The molecule has 2 aromatic carbocycles. The van der Waals surface area contributed by atoms with E-state index in [4.69, 9.17) is 4.74 Å². The fourth-order valence-corrected chi connectivity index (χ4v) is 3.51. The fraction of sp³-hybridized carbons (Fsp3) is 0.192. The molecule has 1 amide bonds. The van der Waals surface area contributed by atoms with Gasteiger partial charge in [-0.2, -0.15) is 5.10 Å². The van der Waals surface area contributed by atoms with Gasteiger partial charge in [-0.15, -0.1) is 0 Å². The van der Waals surface area contributed by atoms with Gasteiger partial charge in [-0.1, -0.05) is 12.1 Å². The van der Waals surface area contributed by atoms with E-state index in [1.165, 1.54) is 47.3 Å². The first-order valence-corrected chi connectivity index (χ1v) is 11.3. The first-order chi connectivity index (χ1) is 17.4. The Bertz CT molecular complexity index is 1480. The lowest BCUT2D eigenvalue weighted by Gasteiger charge is -2.10. The smallest absolute Gasteiger partial charge is 0.271 e. The Morgan fingerprint density at radius 3 is 2.56 bits per heavy atom. The van der Waals surface area contributed by atoms with Crippen LogP contribution < -0.4 is 21.2 Å². The van der Waals surface area contributed by atoms with Crippen molar-refractivity contribution in [2.45, 2.75) is 20.0 Å². The molecule has 0 spiro atoms. The summed E-state index contributed by atoms with van der Waals surface area (Å²) >= 11 is 0. The molecule has 4 aromatic rings. The van der Waals surface area contributed by atoms with Gasteiger partial charge in [-0.25, -0.2) is 14.1 Å². The predicted molar refractivity (Wildman–Crippen MR) is 131 cm³/mol. The van der Waals surface area contributed by atoms with E-state index in [-0.39, 0.29) is 30.9 Å². The molecule has 0 saturated heterocycles. The lowest BCUT2D eigenvalue weighted by Crippen LogP contribution is -2.33. The Morgan fingerprint density at radius 1 is 1.03 bits per heavy atom. The number of amides is 1. The van der Waals surface area contributed by atoms with Gasteiger partial charge < -0.3 is 10.1 Å². The van der Waals surface area contributed by atoms with E-state index in [9.17, 15) is 18.8 Å². The summed E-state index contributed by atoms with van der Waals surface area (Å²) in [6.07, 6.45) is 1.43. The largest absolute Gasteiger partial charge is 0.494 e. The number of nitrogens with one attached hydrogen (secondary N) is 1. The van der Waals surface area contributed by atoms with Crippen molar-refractivity contribution in [1.29, 1.82) is 0 Å². The molecule has 0 saturated carbocycles. The molecule has 184 valence electrons. The van der Waals surface area contributed by atoms with E-state index in [1.807, 2.05) is 31.2 Å². The Labute approximate surface area is 205 Å². The van der Waals surface area contributed by atoms with Gasteiger partial charge in [0, 0.05) is 30.8 Å². The molecule has 0 bridgehead atoms. The average molecular weight is 490 g/mol. The number of rotatable bonds is 9. The van der Waals surface area contributed by atoms with Crippen LogP contribution in [-0.2, 0) is 13.1 Å². The van der Waals surface area contributed by atoms with E-state index in [0.29, 0.717) is 17.9 Å². The number of aromatic nitrogens is 4. The minimum absolute atomic E-state index is 0.0273. The number of carbonyl (C=O) groups is 1. The second-order valence-electron chi connectivity index (χ2n) is 7.86. The van der Waals surface area contributed by atoms with Gasteiger partial charge in [0.15, 0.2) is 0 Å². The number of hydrogen-bond donors (Lipinski definition) is 1. The van der Waals surface area contributed by atoms with Crippen molar-refractivity contribution in [3.8, 4) is 17.0 Å². The van der Waals surface area contributed by atoms with Crippen molar-refractivity contribution in [2.24, 2.45) is 0 Å². The molecule has 0 radical (unpaired) electrons. The van der Waals surface area contributed by atoms with E-state index < -0.39 is 17.3 Å². The third-order valence-electron chi connectivity index (χ3n) is 5.30. The highest BCUT2D eigenvalue weighted by Gasteiger charge is 2.11. The summed E-state index contributed by atoms with van der Waals surface area (Å²) in [5, 5.41) is 6.76. The number of ether oxygens (including phenoxy) is 1. The zero-order chi connectivity index (χ0) is 25.5. The van der Waals surface area contributed by atoms with Gasteiger partial charge in [-0.05, 0) is 55.0 Å². The molecule has 4 rings (SSSR count). The minimum Gasteiger partial charge on any atom is -0.494 e. The Morgan fingerprint density at radius 2 is 1.83 bits per heavy atom. The van der Waals surface area contributed by atoms with Gasteiger partial charge in [0.1, 0.15) is 17.3 Å². The van der Waals surface area contributed by atoms with E-state index in [0.717, 1.165) is 16.0 Å². The predicted octanol–water partition coefficient (Wildman–Crippen LogP) is 2.48. The van der Waals surface area contributed by atoms with Gasteiger partial charge >= 0.3 is 0 Å². The van der Waals surface area contributed by atoms with E-state index in [2.05, 4.69) is 15.4 Å². The highest BCUT2D eigenvalue weighted by atomic mass is 19.1. The summed E-state index contributed by atoms with van der Waals surface area (Å²) in [6.45, 7) is 2.85. The van der Waals surface area contributed by atoms with Crippen molar-refractivity contribution in [1.82, 2.24) is 24.6 Å². The van der Waals surface area contributed by atoms with Crippen LogP contribution in [0, 0.1) is 5.82 Å². The molecule has 2 heterocycles. The molecular formula is C26H24FN5O4. The average Bonchev–Trinajstić information content (AvgIpc) is 2.87. The first-order valence-electron chi connectivity index (χ1n) is 11.3. The number of nitrogens with zero attached hydrogens (tertiary/aromatic N) is 4. The van der Waals surface area contributed by atoms with Crippen molar-refractivity contribution in [2.75, 3.05) is 13.2 Å². The van der Waals surface area contributed by atoms with Crippen LogP contribution in [0.25, 0.3) is 11.3 Å². The molecular weight excluding hydrogens is 465 g/mol. The molecule has 0 aliphatic carbocycles. The van der Waals surface area contributed by atoms with Crippen molar-refractivity contribution in [3.05, 3.63) is 111 Å². The van der Waals surface area contributed by atoms with Crippen LogP contribution in [-0.4, -0.2) is 38.4 Å². The standard InChI is InChI=1S/C26H24FN5O4/c1-2-36-21-8-6-19(7-9-21)23-15-25(34)31(17-29-23)13-12-28-26(35)22-10-11-24(33)32(30-22)16-18-4-3-5-20(27)14-18/h3-11,14-15,17H,2,12-13,16H2,1H3,(H,28,35). The molecule has 0 aliphatic rings. The SMILES string of the molecule is CCOc1ccc(-c2cc(=O)n(CCNC(=O)c3ccc(=O)n(Cc4cccc(F)c4)n3)cn2)cc1. The van der Waals surface area contributed by atoms with Crippen molar-refractivity contribution >= 4 is 5.91 Å². The van der Waals surface area contributed by atoms with Crippen molar-refractivity contribution < 1.29 is 13.9 Å². The van der Waals surface area contributed by atoms with Gasteiger partial charge in [-0.3, -0.25) is 19.0 Å². The molecule has 1 N–H and O–H groups in total. The van der Waals surface area contributed by atoms with Gasteiger partial charge in [0.2, 0.25) is 0 Å². The summed E-state index contributed by atoms with van der Waals surface area (Å²) < 4.78 is 21.3. The van der Waals surface area contributed by atoms with Gasteiger partial charge in [0.25, 0.3) is 17.0 Å². The second kappa shape index (κ2) is 11.2. The highest BCUT2D eigenvalue weighted by molar-refractivity contribution is 5.91. The molecule has 0 atom stereocenters. The van der Waals surface area contributed by atoms with E-state index in [1.54, 1.807) is 6.07 Å². The number of carbonyl (C=O) groups excluding carboxylic acids is 1.